The summed E-state index contributed by atoms with van der Waals surface area (Å²) in [6, 6.07) is 3.10. The van der Waals surface area contributed by atoms with Gasteiger partial charge in [-0.1, -0.05) is 11.6 Å². The fraction of sp³-hybridized carbons (Fsp3) is 0. The Hall–Kier alpha value is -0.340. The van der Waals surface area contributed by atoms with E-state index in [-0.39, 0.29) is 5.02 Å². The summed E-state index contributed by atoms with van der Waals surface area (Å²) < 4.78 is 44.1. The lowest BCUT2D eigenvalue weighted by atomic mass is 10.4. The number of primary sulfonamides is 1. The molecule has 0 saturated carbocycles. The lowest BCUT2D eigenvalue weighted by Gasteiger charge is -2.04. The summed E-state index contributed by atoms with van der Waals surface area (Å²) in [5, 5.41) is 4.86. The van der Waals surface area contributed by atoms with Gasteiger partial charge in [0.05, 0.1) is 0 Å². The number of benzene rings is 1. The molecule has 15 heavy (non-hydrogen) atoms. The molecule has 84 valence electrons. The molecule has 2 N–H and O–H groups in total. The molecule has 1 aromatic rings. The molecule has 0 spiro atoms. The highest BCUT2D eigenvalue weighted by molar-refractivity contribution is 8.14. The highest BCUT2D eigenvalue weighted by Gasteiger charge is 2.22. The summed E-state index contributed by atoms with van der Waals surface area (Å²) in [7, 11) is -3.33. The quantitative estimate of drug-likeness (QED) is 0.819. The molecule has 0 amide bonds. The molecule has 0 bridgehead atoms. The Morgan fingerprint density at radius 2 is 1.60 bits per heavy atom. The Morgan fingerprint density at radius 1 is 1.07 bits per heavy atom. The van der Waals surface area contributed by atoms with Crippen LogP contribution in [0.2, 0.25) is 5.02 Å². The van der Waals surface area contributed by atoms with Crippen molar-refractivity contribution in [1.82, 2.24) is 0 Å². The van der Waals surface area contributed by atoms with E-state index in [1.807, 2.05) is 0 Å². The summed E-state index contributed by atoms with van der Waals surface area (Å²) in [5.41, 5.74) is 0. The van der Waals surface area contributed by atoms with E-state index in [1.54, 1.807) is 0 Å². The van der Waals surface area contributed by atoms with Crippen LogP contribution < -0.4 is 5.14 Å². The Labute approximate surface area is 96.3 Å². The third kappa shape index (κ3) is 3.05. The molecule has 0 aliphatic rings. The second-order valence-corrected chi connectivity index (χ2v) is 7.07. The van der Waals surface area contributed by atoms with E-state index in [0.717, 1.165) is 12.1 Å². The maximum absolute atomic E-state index is 11.0. The molecule has 0 aliphatic carbocycles. The van der Waals surface area contributed by atoms with Gasteiger partial charge in [-0.25, -0.2) is 22.0 Å². The predicted octanol–water partition coefficient (Wildman–Crippen LogP) is 0.915. The molecule has 0 radical (unpaired) electrons. The van der Waals surface area contributed by atoms with Crippen molar-refractivity contribution in [3.05, 3.63) is 23.2 Å². The lowest BCUT2D eigenvalue weighted by molar-refractivity contribution is 0.589. The van der Waals surface area contributed by atoms with Gasteiger partial charge in [-0.3, -0.25) is 0 Å². The first-order valence-corrected chi connectivity index (χ1v) is 7.63. The second kappa shape index (κ2) is 3.91. The van der Waals surface area contributed by atoms with Crippen LogP contribution in [0.15, 0.2) is 28.0 Å². The minimum atomic E-state index is -4.19. The number of sulfonamides is 1. The smallest absolute Gasteiger partial charge is 0.225 e. The minimum Gasteiger partial charge on any atom is -0.225 e. The molecule has 1 rings (SSSR count). The number of rotatable bonds is 2. The fourth-order valence-corrected chi connectivity index (χ4v) is 3.53. The molecule has 5 nitrogen and oxygen atoms in total. The fourth-order valence-electron chi connectivity index (χ4n) is 0.906. The third-order valence-electron chi connectivity index (χ3n) is 1.47. The largest absolute Gasteiger partial charge is 0.262 e. The Balaban J connectivity index is 3.71. The molecule has 0 aliphatic heterocycles. The van der Waals surface area contributed by atoms with Crippen LogP contribution in [0.1, 0.15) is 0 Å². The van der Waals surface area contributed by atoms with Crippen molar-refractivity contribution in [3.8, 4) is 0 Å². The van der Waals surface area contributed by atoms with Gasteiger partial charge in [0.25, 0.3) is 9.05 Å². The zero-order valence-electron chi connectivity index (χ0n) is 7.01. The van der Waals surface area contributed by atoms with Crippen molar-refractivity contribution < 1.29 is 16.8 Å². The van der Waals surface area contributed by atoms with Gasteiger partial charge in [-0.05, 0) is 18.2 Å². The summed E-state index contributed by atoms with van der Waals surface area (Å²) in [6.45, 7) is 0. The molecule has 0 heterocycles. The van der Waals surface area contributed by atoms with Crippen LogP contribution in [-0.2, 0) is 19.1 Å². The molecular formula is C6H5Cl2NO4S2. The first-order valence-electron chi connectivity index (χ1n) is 3.39. The van der Waals surface area contributed by atoms with Crippen molar-refractivity contribution in [2.24, 2.45) is 5.14 Å². The average Bonchev–Trinajstić information content (AvgIpc) is 2.00. The summed E-state index contributed by atoms with van der Waals surface area (Å²) in [6.07, 6.45) is 0. The van der Waals surface area contributed by atoms with Gasteiger partial charge in [-0.15, -0.1) is 0 Å². The normalized spacial score (nSPS) is 12.7. The Kier molecular flexibility index (Phi) is 3.32. The molecule has 1 aromatic carbocycles. The summed E-state index contributed by atoms with van der Waals surface area (Å²) >= 11 is 5.52. The van der Waals surface area contributed by atoms with Gasteiger partial charge in [0.15, 0.2) is 0 Å². The molecule has 9 heteroatoms. The summed E-state index contributed by atoms with van der Waals surface area (Å²) in [4.78, 5) is -1.21. The van der Waals surface area contributed by atoms with E-state index >= 15 is 0 Å². The number of hydrogen-bond acceptors (Lipinski definition) is 4. The van der Waals surface area contributed by atoms with Crippen LogP contribution in [0.5, 0.6) is 0 Å². The van der Waals surface area contributed by atoms with Crippen molar-refractivity contribution in [2.45, 2.75) is 9.79 Å². The molecule has 0 aromatic heterocycles. The standard InChI is InChI=1S/C6H5Cl2NO4S2/c7-4-1-2-5(14(8,10)11)6(3-4)15(9,12)13/h1-3H,(H2,9,12,13). The molecular weight excluding hydrogens is 285 g/mol. The lowest BCUT2D eigenvalue weighted by Crippen LogP contribution is -2.15. The van der Waals surface area contributed by atoms with E-state index < -0.39 is 28.9 Å². The van der Waals surface area contributed by atoms with Crippen molar-refractivity contribution in [2.75, 3.05) is 0 Å². The van der Waals surface area contributed by atoms with Crippen molar-refractivity contribution >= 4 is 41.4 Å². The van der Waals surface area contributed by atoms with Gasteiger partial charge in [0.2, 0.25) is 10.0 Å². The molecule has 0 fully saturated rings. The zero-order valence-corrected chi connectivity index (χ0v) is 10.2. The van der Waals surface area contributed by atoms with E-state index in [9.17, 15) is 16.8 Å². The van der Waals surface area contributed by atoms with Crippen LogP contribution in [0.3, 0.4) is 0 Å². The SMILES string of the molecule is NS(=O)(=O)c1cc(Cl)ccc1S(=O)(=O)Cl. The van der Waals surface area contributed by atoms with E-state index in [1.165, 1.54) is 6.07 Å². The maximum Gasteiger partial charge on any atom is 0.262 e. The van der Waals surface area contributed by atoms with Gasteiger partial charge < -0.3 is 0 Å². The van der Waals surface area contributed by atoms with Gasteiger partial charge in [0, 0.05) is 15.7 Å². The van der Waals surface area contributed by atoms with Gasteiger partial charge >= 0.3 is 0 Å². The highest BCUT2D eigenvalue weighted by atomic mass is 35.7. The highest BCUT2D eigenvalue weighted by Crippen LogP contribution is 2.26. The molecule has 0 unspecified atom stereocenters. The van der Waals surface area contributed by atoms with Crippen LogP contribution in [0, 0.1) is 0 Å². The van der Waals surface area contributed by atoms with Crippen LogP contribution in [-0.4, -0.2) is 16.8 Å². The van der Waals surface area contributed by atoms with Gasteiger partial charge in [-0.2, -0.15) is 0 Å². The molecule has 0 atom stereocenters. The van der Waals surface area contributed by atoms with Crippen LogP contribution >= 0.6 is 22.3 Å². The minimum absolute atomic E-state index is 0.0445. The zero-order chi connectivity index (χ0) is 11.9. The monoisotopic (exact) mass is 289 g/mol. The summed E-state index contributed by atoms with van der Waals surface area (Å²) in [5.74, 6) is 0. The Bertz CT molecular complexity index is 594. The van der Waals surface area contributed by atoms with Crippen LogP contribution in [0.4, 0.5) is 0 Å². The third-order valence-corrected chi connectivity index (χ3v) is 4.17. The topological polar surface area (TPSA) is 94.3 Å². The van der Waals surface area contributed by atoms with E-state index in [0.29, 0.717) is 0 Å². The number of hydrogen-bond donors (Lipinski definition) is 1. The second-order valence-electron chi connectivity index (χ2n) is 2.57. The van der Waals surface area contributed by atoms with E-state index in [2.05, 4.69) is 0 Å². The molecule has 0 saturated heterocycles. The average molecular weight is 290 g/mol. The number of halogens is 2. The number of nitrogens with two attached hydrogens (primary N) is 1. The van der Waals surface area contributed by atoms with E-state index in [4.69, 9.17) is 27.4 Å². The predicted molar refractivity (Wildman–Crippen MR) is 55.9 cm³/mol. The van der Waals surface area contributed by atoms with Crippen molar-refractivity contribution in [3.63, 3.8) is 0 Å². The van der Waals surface area contributed by atoms with Gasteiger partial charge in [0.1, 0.15) is 9.79 Å². The first kappa shape index (κ1) is 12.7. The first-order chi connectivity index (χ1) is 6.62. The van der Waals surface area contributed by atoms with Crippen molar-refractivity contribution in [1.29, 1.82) is 0 Å². The van der Waals surface area contributed by atoms with Crippen LogP contribution in [0.25, 0.3) is 0 Å². The Morgan fingerprint density at radius 3 is 2.00 bits per heavy atom. The maximum atomic E-state index is 11.0.